The number of carbonyl (C=O) groups is 4. The van der Waals surface area contributed by atoms with Gasteiger partial charge >= 0.3 is 23.9 Å². The molecule has 0 amide bonds. The van der Waals surface area contributed by atoms with Crippen LogP contribution in [0.4, 0.5) is 0 Å². The average Bonchev–Trinajstić information content (AvgIpc) is 2.10. The molecule has 0 aromatic rings. The molecule has 94 valence electrons. The van der Waals surface area contributed by atoms with Crippen molar-refractivity contribution in [3.63, 3.8) is 0 Å². The Morgan fingerprint density at radius 3 is 1.35 bits per heavy atom. The lowest BCUT2D eigenvalue weighted by Crippen LogP contribution is -2.77. The fraction of sp³-hybridized carbons (Fsp3) is 0.500. The molecule has 0 aromatic heterocycles. The number of hydrogen-bond acceptors (Lipinski definition) is 5. The van der Waals surface area contributed by atoms with E-state index in [-0.39, 0.29) is 0 Å². The molecule has 1 aliphatic carbocycles. The van der Waals surface area contributed by atoms with Gasteiger partial charge in [0.1, 0.15) is 17.4 Å². The summed E-state index contributed by atoms with van der Waals surface area (Å²) in [5.41, 5.74) is 2.63. The van der Waals surface area contributed by atoms with Crippen molar-refractivity contribution in [3.8, 4) is 0 Å². The molecule has 1 rings (SSSR count). The van der Waals surface area contributed by atoms with Crippen LogP contribution in [0.25, 0.3) is 0 Å². The number of rotatable bonds is 4. The zero-order valence-corrected chi connectivity index (χ0v) is 8.23. The van der Waals surface area contributed by atoms with Crippen LogP contribution in [0.15, 0.2) is 0 Å². The van der Waals surface area contributed by atoms with Gasteiger partial charge in [-0.2, -0.15) is 0 Å². The van der Waals surface area contributed by atoms with E-state index in [9.17, 15) is 19.2 Å². The van der Waals surface area contributed by atoms with Gasteiger partial charge in [-0.05, 0) is 0 Å². The van der Waals surface area contributed by atoms with E-state index < -0.39 is 47.2 Å². The molecule has 9 nitrogen and oxygen atoms in total. The fourth-order valence-electron chi connectivity index (χ4n) is 2.13. The van der Waals surface area contributed by atoms with Gasteiger partial charge in [0, 0.05) is 0 Å². The maximum Gasteiger partial charge on any atom is 0.325 e. The van der Waals surface area contributed by atoms with Gasteiger partial charge in [-0.15, -0.1) is 0 Å². The zero-order valence-electron chi connectivity index (χ0n) is 8.23. The summed E-state index contributed by atoms with van der Waals surface area (Å²) in [6.07, 6.45) is 0. The number of nitrogens with two attached hydrogens (primary N) is 1. The highest BCUT2D eigenvalue weighted by Crippen LogP contribution is 2.48. The Bertz CT molecular complexity index is 394. The summed E-state index contributed by atoms with van der Waals surface area (Å²) >= 11 is 0. The van der Waals surface area contributed by atoms with Crippen molar-refractivity contribution >= 4 is 23.9 Å². The summed E-state index contributed by atoms with van der Waals surface area (Å²) in [6, 6.07) is 0. The predicted molar refractivity (Wildman–Crippen MR) is 47.9 cm³/mol. The molecule has 2 atom stereocenters. The Kier molecular flexibility index (Phi) is 2.81. The van der Waals surface area contributed by atoms with Gasteiger partial charge in [-0.25, -0.2) is 0 Å². The number of aliphatic carboxylic acids is 4. The van der Waals surface area contributed by atoms with Crippen LogP contribution in [0, 0.1) is 17.8 Å². The maximum atomic E-state index is 10.9. The maximum absolute atomic E-state index is 10.9. The SMILES string of the molecule is NC1(C(=O)O)C(C(=O)O)C(C(=O)O)C1C(=O)O. The molecule has 17 heavy (non-hydrogen) atoms. The largest absolute Gasteiger partial charge is 0.481 e. The van der Waals surface area contributed by atoms with Crippen molar-refractivity contribution in [2.45, 2.75) is 5.54 Å². The second-order valence-corrected chi connectivity index (χ2v) is 3.73. The lowest BCUT2D eigenvalue weighted by Gasteiger charge is -2.50. The topological polar surface area (TPSA) is 175 Å². The monoisotopic (exact) mass is 247 g/mol. The summed E-state index contributed by atoms with van der Waals surface area (Å²) in [5, 5.41) is 35.0. The molecule has 0 saturated heterocycles. The highest BCUT2D eigenvalue weighted by Gasteiger charge is 2.73. The van der Waals surface area contributed by atoms with E-state index in [2.05, 4.69) is 0 Å². The summed E-state index contributed by atoms with van der Waals surface area (Å²) in [7, 11) is 0. The van der Waals surface area contributed by atoms with Crippen LogP contribution in [0.2, 0.25) is 0 Å². The molecule has 0 bridgehead atoms. The highest BCUT2D eigenvalue weighted by molar-refractivity contribution is 6.01. The Morgan fingerprint density at radius 1 is 0.824 bits per heavy atom. The van der Waals surface area contributed by atoms with Crippen molar-refractivity contribution in [1.29, 1.82) is 0 Å². The second kappa shape index (κ2) is 3.70. The summed E-state index contributed by atoms with van der Waals surface area (Å²) in [4.78, 5) is 43.2. The van der Waals surface area contributed by atoms with Crippen molar-refractivity contribution in [3.05, 3.63) is 0 Å². The number of carboxylic acids is 4. The second-order valence-electron chi connectivity index (χ2n) is 3.73. The van der Waals surface area contributed by atoms with Crippen molar-refractivity contribution < 1.29 is 39.6 Å². The van der Waals surface area contributed by atoms with E-state index in [0.717, 1.165) is 0 Å². The predicted octanol–water partition coefficient (Wildman–Crippen LogP) is -2.12. The van der Waals surface area contributed by atoms with Crippen LogP contribution in [0.1, 0.15) is 0 Å². The van der Waals surface area contributed by atoms with E-state index in [1.54, 1.807) is 0 Å². The molecule has 6 N–H and O–H groups in total. The third-order valence-corrected chi connectivity index (χ3v) is 2.94. The van der Waals surface area contributed by atoms with Crippen LogP contribution < -0.4 is 5.73 Å². The minimum Gasteiger partial charge on any atom is -0.481 e. The van der Waals surface area contributed by atoms with Crippen molar-refractivity contribution in [1.82, 2.24) is 0 Å². The van der Waals surface area contributed by atoms with Gasteiger partial charge < -0.3 is 26.2 Å². The molecule has 9 heteroatoms. The van der Waals surface area contributed by atoms with Crippen LogP contribution in [0.5, 0.6) is 0 Å². The first kappa shape index (κ1) is 12.9. The van der Waals surface area contributed by atoms with Crippen LogP contribution in [0.3, 0.4) is 0 Å². The minimum absolute atomic E-state index is 1.70. The first-order chi connectivity index (χ1) is 7.65. The summed E-state index contributed by atoms with van der Waals surface area (Å²) in [6.45, 7) is 0. The van der Waals surface area contributed by atoms with Crippen LogP contribution in [-0.4, -0.2) is 49.8 Å². The molecular weight excluding hydrogens is 238 g/mol. The normalized spacial score (nSPS) is 35.7. The number of hydrogen-bond donors (Lipinski definition) is 5. The zero-order chi connectivity index (χ0) is 13.5. The quantitative estimate of drug-likeness (QED) is 0.371. The molecule has 0 radical (unpaired) electrons. The van der Waals surface area contributed by atoms with Gasteiger partial charge in [-0.3, -0.25) is 19.2 Å². The van der Waals surface area contributed by atoms with Crippen LogP contribution in [-0.2, 0) is 19.2 Å². The summed E-state index contributed by atoms with van der Waals surface area (Å²) in [5.74, 6) is -12.9. The third-order valence-electron chi connectivity index (χ3n) is 2.94. The van der Waals surface area contributed by atoms with Gasteiger partial charge in [0.25, 0.3) is 0 Å². The summed E-state index contributed by atoms with van der Waals surface area (Å²) < 4.78 is 0. The first-order valence-electron chi connectivity index (χ1n) is 4.36. The lowest BCUT2D eigenvalue weighted by atomic mass is 9.51. The Balaban J connectivity index is 3.28. The molecule has 0 heterocycles. The Hall–Kier alpha value is -2.16. The smallest absolute Gasteiger partial charge is 0.325 e. The molecule has 0 aromatic carbocycles. The third kappa shape index (κ3) is 1.51. The van der Waals surface area contributed by atoms with E-state index in [1.165, 1.54) is 0 Å². The van der Waals surface area contributed by atoms with E-state index in [0.29, 0.717) is 0 Å². The highest BCUT2D eigenvalue weighted by atomic mass is 16.4. The lowest BCUT2D eigenvalue weighted by molar-refractivity contribution is -0.196. The van der Waals surface area contributed by atoms with Crippen molar-refractivity contribution in [2.75, 3.05) is 0 Å². The van der Waals surface area contributed by atoms with E-state index in [1.807, 2.05) is 0 Å². The van der Waals surface area contributed by atoms with E-state index in [4.69, 9.17) is 26.2 Å². The molecule has 0 spiro atoms. The van der Waals surface area contributed by atoms with Gasteiger partial charge in [0.15, 0.2) is 0 Å². The molecular formula is C8H9NO8. The van der Waals surface area contributed by atoms with E-state index >= 15 is 0 Å². The van der Waals surface area contributed by atoms with Gasteiger partial charge in [0.2, 0.25) is 0 Å². The first-order valence-corrected chi connectivity index (χ1v) is 4.36. The average molecular weight is 247 g/mol. The Morgan fingerprint density at radius 2 is 1.18 bits per heavy atom. The molecule has 1 fully saturated rings. The standard InChI is InChI=1S/C8H9NO8/c9-8(7(16)17)2(5(12)13)1(4(10)11)3(8)6(14)15/h1-3H,9H2,(H,10,11)(H,12,13)(H,14,15)(H,16,17). The van der Waals surface area contributed by atoms with Crippen LogP contribution >= 0.6 is 0 Å². The molecule has 0 aliphatic heterocycles. The molecule has 2 unspecified atom stereocenters. The Labute approximate surface area is 93.5 Å². The molecule has 1 aliphatic rings. The number of carboxylic acid groups (broad SMARTS) is 4. The minimum atomic E-state index is -2.61. The fourth-order valence-corrected chi connectivity index (χ4v) is 2.13. The molecule has 1 saturated carbocycles. The van der Waals surface area contributed by atoms with Crippen molar-refractivity contribution in [2.24, 2.45) is 23.5 Å². The van der Waals surface area contributed by atoms with Gasteiger partial charge in [0.05, 0.1) is 5.92 Å². The van der Waals surface area contributed by atoms with Gasteiger partial charge in [-0.1, -0.05) is 0 Å².